The first-order valence-electron chi connectivity index (χ1n) is 10.9. The number of hydrogen-bond donors (Lipinski definition) is 1. The van der Waals surface area contributed by atoms with Crippen molar-refractivity contribution in [1.82, 2.24) is 19.7 Å². The number of pyridine rings is 1. The Bertz CT molecular complexity index is 1440. The fourth-order valence-corrected chi connectivity index (χ4v) is 5.28. The Labute approximate surface area is 200 Å². The van der Waals surface area contributed by atoms with Crippen LogP contribution in [0.1, 0.15) is 41.2 Å². The fraction of sp³-hybridized carbons (Fsp3) is 0.240. The molecule has 1 aliphatic rings. The first-order chi connectivity index (χ1) is 16.4. The Morgan fingerprint density at radius 2 is 1.97 bits per heavy atom. The second-order valence-electron chi connectivity index (χ2n) is 8.19. The maximum absolute atomic E-state index is 11.9. The molecule has 172 valence electrons. The van der Waals surface area contributed by atoms with Gasteiger partial charge in [-0.1, -0.05) is 11.3 Å². The molecule has 0 saturated heterocycles. The Kier molecular flexibility index (Phi) is 5.49. The van der Waals surface area contributed by atoms with Gasteiger partial charge in [-0.2, -0.15) is 5.10 Å². The van der Waals surface area contributed by atoms with E-state index in [1.807, 2.05) is 36.0 Å². The molecule has 1 N–H and O–H groups in total. The van der Waals surface area contributed by atoms with Crippen molar-refractivity contribution in [2.24, 2.45) is 0 Å². The van der Waals surface area contributed by atoms with Gasteiger partial charge in [0.2, 0.25) is 5.91 Å². The number of fused-ring (bicyclic) bond motifs is 3. The zero-order chi connectivity index (χ0) is 24.0. The van der Waals surface area contributed by atoms with E-state index in [4.69, 9.17) is 9.84 Å². The molecular weight excluding hydrogens is 450 g/mol. The molecule has 3 heterocycles. The number of aryl methyl sites for hydroxylation is 2. The van der Waals surface area contributed by atoms with E-state index in [1.54, 1.807) is 19.2 Å². The lowest BCUT2D eigenvalue weighted by Crippen LogP contribution is -2.08. The Morgan fingerprint density at radius 3 is 2.65 bits per heavy atom. The molecule has 0 radical (unpaired) electrons. The van der Waals surface area contributed by atoms with Crippen molar-refractivity contribution >= 4 is 28.2 Å². The Balaban J connectivity index is 1.76. The van der Waals surface area contributed by atoms with Crippen molar-refractivity contribution in [2.45, 2.75) is 33.6 Å². The van der Waals surface area contributed by atoms with E-state index in [1.165, 1.54) is 25.2 Å². The molecule has 0 aliphatic heterocycles. The first kappa shape index (κ1) is 22.0. The maximum Gasteiger partial charge on any atom is 0.223 e. The van der Waals surface area contributed by atoms with Crippen LogP contribution in [0.25, 0.3) is 27.5 Å². The SMILES string of the molecule is COc1cc(C(C)=O)ccc1-n1nc(-c2ccc(C)nc2)c2c1-c1sc(NC(C)=O)nc1CC2. The number of Topliss-reactive ketones (excluding diaryl/α,β-unsaturated/α-hetero) is 1. The summed E-state index contributed by atoms with van der Waals surface area (Å²) in [6, 6.07) is 9.36. The molecule has 9 heteroatoms. The fourth-order valence-electron chi connectivity index (χ4n) is 4.16. The number of rotatable bonds is 5. The Hall–Kier alpha value is -3.85. The van der Waals surface area contributed by atoms with E-state index in [0.717, 1.165) is 57.3 Å². The van der Waals surface area contributed by atoms with Crippen LogP contribution in [0.3, 0.4) is 0 Å². The molecule has 3 aromatic heterocycles. The summed E-state index contributed by atoms with van der Waals surface area (Å²) in [5.74, 6) is 0.349. The summed E-state index contributed by atoms with van der Waals surface area (Å²) in [7, 11) is 1.58. The van der Waals surface area contributed by atoms with E-state index in [-0.39, 0.29) is 11.7 Å². The molecule has 0 unspecified atom stereocenters. The van der Waals surface area contributed by atoms with Crippen LogP contribution in [0, 0.1) is 6.92 Å². The third-order valence-corrected chi connectivity index (χ3v) is 6.81. The summed E-state index contributed by atoms with van der Waals surface area (Å²) in [4.78, 5) is 33.7. The number of ether oxygens (including phenoxy) is 1. The van der Waals surface area contributed by atoms with Gasteiger partial charge in [0, 0.05) is 35.5 Å². The van der Waals surface area contributed by atoms with Crippen LogP contribution in [0.4, 0.5) is 5.13 Å². The number of ketones is 1. The van der Waals surface area contributed by atoms with Gasteiger partial charge < -0.3 is 10.1 Å². The monoisotopic (exact) mass is 473 g/mol. The minimum absolute atomic E-state index is 0.0385. The van der Waals surface area contributed by atoms with Crippen LogP contribution in [0.2, 0.25) is 0 Å². The zero-order valence-electron chi connectivity index (χ0n) is 19.3. The molecule has 8 nitrogen and oxygen atoms in total. The highest BCUT2D eigenvalue weighted by Gasteiger charge is 2.31. The van der Waals surface area contributed by atoms with E-state index in [0.29, 0.717) is 16.4 Å². The van der Waals surface area contributed by atoms with Gasteiger partial charge in [0.25, 0.3) is 0 Å². The average Bonchev–Trinajstić information content (AvgIpc) is 3.39. The van der Waals surface area contributed by atoms with E-state index < -0.39 is 0 Å². The third-order valence-electron chi connectivity index (χ3n) is 5.79. The van der Waals surface area contributed by atoms with Crippen molar-refractivity contribution in [3.63, 3.8) is 0 Å². The smallest absolute Gasteiger partial charge is 0.223 e. The highest BCUT2D eigenvalue weighted by molar-refractivity contribution is 7.19. The van der Waals surface area contributed by atoms with Gasteiger partial charge in [0.15, 0.2) is 10.9 Å². The summed E-state index contributed by atoms with van der Waals surface area (Å²) < 4.78 is 7.53. The third kappa shape index (κ3) is 3.77. The number of hydrogen-bond acceptors (Lipinski definition) is 7. The number of methoxy groups -OCH3 is 1. The minimum Gasteiger partial charge on any atom is -0.494 e. The topological polar surface area (TPSA) is 99.0 Å². The highest BCUT2D eigenvalue weighted by Crippen LogP contribution is 2.45. The van der Waals surface area contributed by atoms with Crippen molar-refractivity contribution in [3.8, 4) is 33.3 Å². The molecule has 1 aliphatic carbocycles. The van der Waals surface area contributed by atoms with Gasteiger partial charge in [0.05, 0.1) is 29.1 Å². The number of amides is 1. The summed E-state index contributed by atoms with van der Waals surface area (Å²) >= 11 is 1.43. The number of aromatic nitrogens is 4. The molecule has 5 rings (SSSR count). The lowest BCUT2D eigenvalue weighted by atomic mass is 9.95. The summed E-state index contributed by atoms with van der Waals surface area (Å²) in [5.41, 5.74) is 6.93. The van der Waals surface area contributed by atoms with Gasteiger partial charge in [-0.05, 0) is 57.0 Å². The van der Waals surface area contributed by atoms with Gasteiger partial charge in [-0.25, -0.2) is 9.67 Å². The van der Waals surface area contributed by atoms with Crippen LogP contribution in [-0.2, 0) is 17.6 Å². The molecule has 4 aromatic rings. The average molecular weight is 474 g/mol. The minimum atomic E-state index is -0.160. The molecule has 1 amide bonds. The van der Waals surface area contributed by atoms with Gasteiger partial charge >= 0.3 is 0 Å². The number of nitrogens with one attached hydrogen (secondary N) is 1. The summed E-state index contributed by atoms with van der Waals surface area (Å²) in [6.07, 6.45) is 3.34. The largest absolute Gasteiger partial charge is 0.494 e. The van der Waals surface area contributed by atoms with Crippen molar-refractivity contribution in [2.75, 3.05) is 12.4 Å². The summed E-state index contributed by atoms with van der Waals surface area (Å²) in [5, 5.41) is 8.39. The lowest BCUT2D eigenvalue weighted by molar-refractivity contribution is -0.114. The number of nitrogens with zero attached hydrogens (tertiary/aromatic N) is 4. The van der Waals surface area contributed by atoms with E-state index in [2.05, 4.69) is 15.3 Å². The molecule has 0 bridgehead atoms. The molecule has 1 aromatic carbocycles. The molecule has 0 fully saturated rings. The number of thiazole rings is 1. The second kappa shape index (κ2) is 8.49. The summed E-state index contributed by atoms with van der Waals surface area (Å²) in [6.45, 7) is 4.95. The quantitative estimate of drug-likeness (QED) is 0.424. The highest BCUT2D eigenvalue weighted by atomic mass is 32.1. The van der Waals surface area contributed by atoms with E-state index in [9.17, 15) is 9.59 Å². The number of carbonyl (C=O) groups is 2. The molecular formula is C25H23N5O3S. The number of carbonyl (C=O) groups excluding carboxylic acids is 2. The predicted molar refractivity (Wildman–Crippen MR) is 131 cm³/mol. The van der Waals surface area contributed by atoms with Crippen molar-refractivity contribution in [1.29, 1.82) is 0 Å². The van der Waals surface area contributed by atoms with Crippen molar-refractivity contribution < 1.29 is 14.3 Å². The van der Waals surface area contributed by atoms with Crippen LogP contribution >= 0.6 is 11.3 Å². The van der Waals surface area contributed by atoms with Crippen LogP contribution in [0.15, 0.2) is 36.5 Å². The van der Waals surface area contributed by atoms with Crippen LogP contribution in [-0.4, -0.2) is 38.5 Å². The van der Waals surface area contributed by atoms with E-state index >= 15 is 0 Å². The second-order valence-corrected chi connectivity index (χ2v) is 9.19. The zero-order valence-corrected chi connectivity index (χ0v) is 20.1. The lowest BCUT2D eigenvalue weighted by Gasteiger charge is -2.16. The molecule has 0 atom stereocenters. The standard InChI is InChI=1S/C25H23N5O3S/c1-13-5-6-17(12-26-13)22-18-8-9-19-24(34-25(28-19)27-15(3)32)23(18)30(29-22)20-10-7-16(14(2)31)11-21(20)33-4/h5-7,10-12H,8-9H2,1-4H3,(H,27,28,32). The predicted octanol–water partition coefficient (Wildman–Crippen LogP) is 4.63. The molecule has 0 saturated carbocycles. The normalized spacial score (nSPS) is 12.1. The maximum atomic E-state index is 11.9. The first-order valence-corrected chi connectivity index (χ1v) is 11.7. The van der Waals surface area contributed by atoms with Crippen LogP contribution < -0.4 is 10.1 Å². The molecule has 0 spiro atoms. The van der Waals surface area contributed by atoms with Crippen LogP contribution in [0.5, 0.6) is 5.75 Å². The molecule has 34 heavy (non-hydrogen) atoms. The van der Waals surface area contributed by atoms with Gasteiger partial charge in [-0.3, -0.25) is 14.6 Å². The van der Waals surface area contributed by atoms with Crippen molar-refractivity contribution in [3.05, 3.63) is 59.0 Å². The number of anilines is 1. The number of benzene rings is 1. The van der Waals surface area contributed by atoms with Gasteiger partial charge in [-0.15, -0.1) is 0 Å². The Morgan fingerprint density at radius 1 is 1.15 bits per heavy atom. The van der Waals surface area contributed by atoms with Gasteiger partial charge in [0.1, 0.15) is 11.4 Å².